The van der Waals surface area contributed by atoms with E-state index in [0.29, 0.717) is 5.56 Å². The second kappa shape index (κ2) is 6.68. The van der Waals surface area contributed by atoms with Gasteiger partial charge in [-0.05, 0) is 24.6 Å². The first-order chi connectivity index (χ1) is 8.45. The third-order valence-electron chi connectivity index (χ3n) is 2.49. The Hall–Kier alpha value is -1.17. The van der Waals surface area contributed by atoms with Gasteiger partial charge in [-0.1, -0.05) is 17.7 Å². The molecule has 6 heteroatoms. The topological polar surface area (TPSA) is 64.3 Å². The summed E-state index contributed by atoms with van der Waals surface area (Å²) in [6.07, 6.45) is 0. The fraction of sp³-hybridized carbons (Fsp3) is 0.417. The fourth-order valence-electron chi connectivity index (χ4n) is 1.44. The minimum absolute atomic E-state index is 0.0230. The molecule has 2 unspecified atom stereocenters. The van der Waals surface area contributed by atoms with Crippen LogP contribution in [0.5, 0.6) is 0 Å². The molecule has 3 N–H and O–H groups in total. The maximum absolute atomic E-state index is 13.0. The maximum atomic E-state index is 13.0. The van der Waals surface area contributed by atoms with Gasteiger partial charge in [-0.15, -0.1) is 0 Å². The largest absolute Gasteiger partial charge is 0.383 e. The van der Waals surface area contributed by atoms with Gasteiger partial charge in [-0.3, -0.25) is 4.79 Å². The van der Waals surface area contributed by atoms with E-state index in [0.717, 1.165) is 0 Å². The van der Waals surface area contributed by atoms with E-state index in [1.165, 1.54) is 19.2 Å². The molecule has 1 aromatic carbocycles. The highest BCUT2D eigenvalue weighted by Crippen LogP contribution is 2.20. The molecule has 1 rings (SSSR count). The molecule has 0 heterocycles. The predicted molar refractivity (Wildman–Crippen MR) is 67.8 cm³/mol. The molecule has 0 aliphatic carbocycles. The maximum Gasteiger partial charge on any atom is 0.239 e. The molecule has 0 bridgehead atoms. The van der Waals surface area contributed by atoms with Crippen LogP contribution in [0.3, 0.4) is 0 Å². The smallest absolute Gasteiger partial charge is 0.239 e. The molecule has 0 saturated heterocycles. The van der Waals surface area contributed by atoms with Crippen molar-refractivity contribution < 1.29 is 13.9 Å². The van der Waals surface area contributed by atoms with Gasteiger partial charge < -0.3 is 15.8 Å². The van der Waals surface area contributed by atoms with Crippen molar-refractivity contribution in [1.82, 2.24) is 5.32 Å². The summed E-state index contributed by atoms with van der Waals surface area (Å²) in [6, 6.07) is 3.26. The monoisotopic (exact) mass is 274 g/mol. The van der Waals surface area contributed by atoms with Crippen molar-refractivity contribution in [3.05, 3.63) is 34.6 Å². The molecule has 0 aromatic heterocycles. The summed E-state index contributed by atoms with van der Waals surface area (Å²) in [4.78, 5) is 11.6. The number of nitrogens with one attached hydrogen (secondary N) is 1. The minimum atomic E-state index is -0.728. The van der Waals surface area contributed by atoms with E-state index in [-0.39, 0.29) is 23.6 Å². The number of benzene rings is 1. The minimum Gasteiger partial charge on any atom is -0.383 e. The second-order valence-electron chi connectivity index (χ2n) is 3.97. The number of ether oxygens (including phenoxy) is 1. The number of carbonyl (C=O) groups is 1. The molecule has 0 aliphatic rings. The van der Waals surface area contributed by atoms with Crippen LogP contribution in [0.4, 0.5) is 4.39 Å². The zero-order chi connectivity index (χ0) is 13.7. The van der Waals surface area contributed by atoms with E-state index in [9.17, 15) is 9.18 Å². The van der Waals surface area contributed by atoms with E-state index in [4.69, 9.17) is 22.1 Å². The number of rotatable bonds is 5. The van der Waals surface area contributed by atoms with E-state index >= 15 is 0 Å². The van der Waals surface area contributed by atoms with E-state index in [1.807, 2.05) is 0 Å². The Morgan fingerprint density at radius 3 is 2.83 bits per heavy atom. The van der Waals surface area contributed by atoms with Crippen LogP contribution in [0.25, 0.3) is 0 Å². The molecule has 4 nitrogen and oxygen atoms in total. The first kappa shape index (κ1) is 14.9. The Balaban J connectivity index is 2.67. The van der Waals surface area contributed by atoms with Crippen molar-refractivity contribution >= 4 is 17.5 Å². The van der Waals surface area contributed by atoms with Gasteiger partial charge in [0.15, 0.2) is 0 Å². The lowest BCUT2D eigenvalue weighted by Crippen LogP contribution is -2.44. The third kappa shape index (κ3) is 3.94. The Kier molecular flexibility index (Phi) is 5.53. The van der Waals surface area contributed by atoms with Crippen LogP contribution in [0.15, 0.2) is 18.2 Å². The van der Waals surface area contributed by atoms with E-state index in [1.54, 1.807) is 13.0 Å². The standard InChI is InChI=1S/C12H16ClFN2O2/c1-7(16-12(17)11(15)6-18-2)8-3-4-10(14)9(13)5-8/h3-5,7,11H,6,15H2,1-2H3,(H,16,17). The van der Waals surface area contributed by atoms with Crippen molar-refractivity contribution in [1.29, 1.82) is 0 Å². The van der Waals surface area contributed by atoms with Gasteiger partial charge in [-0.25, -0.2) is 4.39 Å². The van der Waals surface area contributed by atoms with Gasteiger partial charge >= 0.3 is 0 Å². The van der Waals surface area contributed by atoms with Crippen molar-refractivity contribution in [2.45, 2.75) is 19.0 Å². The summed E-state index contributed by atoms with van der Waals surface area (Å²) in [5.74, 6) is -0.820. The molecular formula is C12H16ClFN2O2. The molecular weight excluding hydrogens is 259 g/mol. The van der Waals surface area contributed by atoms with Crippen LogP contribution >= 0.6 is 11.6 Å². The average Bonchev–Trinajstić information content (AvgIpc) is 2.32. The highest BCUT2D eigenvalue weighted by molar-refractivity contribution is 6.30. The van der Waals surface area contributed by atoms with Crippen molar-refractivity contribution in [2.75, 3.05) is 13.7 Å². The SMILES string of the molecule is COCC(N)C(=O)NC(C)c1ccc(F)c(Cl)c1. The summed E-state index contributed by atoms with van der Waals surface area (Å²) < 4.78 is 17.8. The zero-order valence-electron chi connectivity index (χ0n) is 10.2. The third-order valence-corrected chi connectivity index (χ3v) is 2.78. The van der Waals surface area contributed by atoms with Gasteiger partial charge in [0.25, 0.3) is 0 Å². The quantitative estimate of drug-likeness (QED) is 0.858. The van der Waals surface area contributed by atoms with Crippen LogP contribution in [-0.4, -0.2) is 25.7 Å². The number of halogens is 2. The molecule has 1 amide bonds. The first-order valence-electron chi connectivity index (χ1n) is 5.45. The van der Waals surface area contributed by atoms with Gasteiger partial charge in [-0.2, -0.15) is 0 Å². The van der Waals surface area contributed by atoms with Gasteiger partial charge in [0.05, 0.1) is 17.7 Å². The van der Waals surface area contributed by atoms with Crippen LogP contribution in [0, 0.1) is 5.82 Å². The summed E-state index contributed by atoms with van der Waals surface area (Å²) >= 11 is 5.67. The van der Waals surface area contributed by atoms with Gasteiger partial charge in [0.1, 0.15) is 11.9 Å². The number of hydrogen-bond acceptors (Lipinski definition) is 3. The number of hydrogen-bond donors (Lipinski definition) is 2. The van der Waals surface area contributed by atoms with Crippen molar-refractivity contribution in [2.24, 2.45) is 5.73 Å². The van der Waals surface area contributed by atoms with E-state index in [2.05, 4.69) is 5.32 Å². The van der Waals surface area contributed by atoms with Crippen LogP contribution in [0.1, 0.15) is 18.5 Å². The molecule has 0 aliphatic heterocycles. The van der Waals surface area contributed by atoms with Gasteiger partial charge in [0.2, 0.25) is 5.91 Å². The molecule has 0 fully saturated rings. The number of amides is 1. The molecule has 0 spiro atoms. The lowest BCUT2D eigenvalue weighted by Gasteiger charge is -2.17. The van der Waals surface area contributed by atoms with Crippen LogP contribution in [-0.2, 0) is 9.53 Å². The zero-order valence-corrected chi connectivity index (χ0v) is 11.0. The van der Waals surface area contributed by atoms with Gasteiger partial charge in [0, 0.05) is 7.11 Å². The van der Waals surface area contributed by atoms with Crippen LogP contribution in [0.2, 0.25) is 5.02 Å². The molecule has 0 saturated carbocycles. The normalized spacial score (nSPS) is 14.1. The summed E-state index contributed by atoms with van der Waals surface area (Å²) in [5.41, 5.74) is 6.29. The van der Waals surface area contributed by atoms with E-state index < -0.39 is 11.9 Å². The Morgan fingerprint density at radius 2 is 2.28 bits per heavy atom. The predicted octanol–water partition coefficient (Wildman–Crippen LogP) is 1.63. The lowest BCUT2D eigenvalue weighted by atomic mass is 10.1. The lowest BCUT2D eigenvalue weighted by molar-refractivity contribution is -0.124. The summed E-state index contributed by atoms with van der Waals surface area (Å²) in [7, 11) is 1.47. The summed E-state index contributed by atoms with van der Waals surface area (Å²) in [5, 5.41) is 2.73. The molecule has 0 radical (unpaired) electrons. The Bertz CT molecular complexity index is 429. The Morgan fingerprint density at radius 1 is 1.61 bits per heavy atom. The highest BCUT2D eigenvalue weighted by atomic mass is 35.5. The number of nitrogens with two attached hydrogens (primary N) is 1. The molecule has 18 heavy (non-hydrogen) atoms. The fourth-order valence-corrected chi connectivity index (χ4v) is 1.63. The van der Waals surface area contributed by atoms with Crippen LogP contribution < -0.4 is 11.1 Å². The van der Waals surface area contributed by atoms with Crippen molar-refractivity contribution in [3.63, 3.8) is 0 Å². The second-order valence-corrected chi connectivity index (χ2v) is 4.37. The summed E-state index contributed by atoms with van der Waals surface area (Å²) in [6.45, 7) is 1.91. The molecule has 2 atom stereocenters. The van der Waals surface area contributed by atoms with Crippen molar-refractivity contribution in [3.8, 4) is 0 Å². The Labute approximate surface area is 110 Å². The first-order valence-corrected chi connectivity index (χ1v) is 5.83. The molecule has 1 aromatic rings. The molecule has 100 valence electrons. The number of carbonyl (C=O) groups excluding carboxylic acids is 1. The highest BCUT2D eigenvalue weighted by Gasteiger charge is 2.16. The average molecular weight is 275 g/mol. The number of methoxy groups -OCH3 is 1.